The Morgan fingerprint density at radius 3 is 2.86 bits per heavy atom. The summed E-state index contributed by atoms with van der Waals surface area (Å²) in [6.45, 7) is 3.57. The monoisotopic (exact) mass is 281 g/mol. The van der Waals surface area contributed by atoms with Crippen molar-refractivity contribution in [3.8, 4) is 16.9 Å². The van der Waals surface area contributed by atoms with E-state index in [9.17, 15) is 0 Å². The van der Waals surface area contributed by atoms with Crippen molar-refractivity contribution >= 4 is 0 Å². The van der Waals surface area contributed by atoms with Gasteiger partial charge in [-0.15, -0.1) is 0 Å². The molecule has 5 heteroatoms. The predicted octanol–water partition coefficient (Wildman–Crippen LogP) is 2.60. The molecule has 108 valence electrons. The third-order valence-electron chi connectivity index (χ3n) is 3.49. The Hall–Kier alpha value is -2.40. The van der Waals surface area contributed by atoms with Crippen molar-refractivity contribution in [2.75, 3.05) is 0 Å². The smallest absolute Gasteiger partial charge is 0.0997 e. The third kappa shape index (κ3) is 2.60. The highest BCUT2D eigenvalue weighted by molar-refractivity contribution is 5.61. The Morgan fingerprint density at radius 2 is 2.05 bits per heavy atom. The van der Waals surface area contributed by atoms with E-state index in [0.29, 0.717) is 6.54 Å². The molecule has 21 heavy (non-hydrogen) atoms. The summed E-state index contributed by atoms with van der Waals surface area (Å²) in [5, 5.41) is 4.39. The van der Waals surface area contributed by atoms with Gasteiger partial charge in [-0.05, 0) is 18.1 Å². The van der Waals surface area contributed by atoms with Crippen LogP contribution in [-0.4, -0.2) is 19.3 Å². The largest absolute Gasteiger partial charge is 0.326 e. The Bertz CT molecular complexity index is 726. The number of hydrogen-bond donors (Lipinski definition) is 1. The first kappa shape index (κ1) is 13.6. The minimum atomic E-state index is 0.503. The number of nitrogens with two attached hydrogens (primary N) is 1. The van der Waals surface area contributed by atoms with Crippen LogP contribution >= 0.6 is 0 Å². The molecule has 0 bridgehead atoms. The van der Waals surface area contributed by atoms with E-state index in [-0.39, 0.29) is 0 Å². The average molecular weight is 281 g/mol. The van der Waals surface area contributed by atoms with Crippen molar-refractivity contribution in [2.45, 2.75) is 26.4 Å². The summed E-state index contributed by atoms with van der Waals surface area (Å²) in [5.41, 5.74) is 10.1. The fourth-order valence-corrected chi connectivity index (χ4v) is 2.47. The molecule has 0 aliphatic rings. The standard InChI is InChI=1S/C16H19N5/c1-2-7-20-11-14(9-19-20)16-10-18-12-21(16)15-6-4-3-5-13(15)8-17/h3-6,9-12H,2,7-8,17H2,1H3. The van der Waals surface area contributed by atoms with E-state index in [1.807, 2.05) is 41.6 Å². The van der Waals surface area contributed by atoms with Gasteiger partial charge in [0, 0.05) is 24.8 Å². The van der Waals surface area contributed by atoms with Crippen molar-refractivity contribution in [1.29, 1.82) is 0 Å². The van der Waals surface area contributed by atoms with E-state index in [1.54, 1.807) is 0 Å². The number of para-hydroxylation sites is 1. The summed E-state index contributed by atoms with van der Waals surface area (Å²) in [7, 11) is 0. The molecule has 0 saturated carbocycles. The molecule has 3 aromatic rings. The van der Waals surface area contributed by atoms with Crippen LogP contribution in [0.3, 0.4) is 0 Å². The SMILES string of the molecule is CCCn1cc(-c2cncn2-c2ccccc2CN)cn1. The lowest BCUT2D eigenvalue weighted by Crippen LogP contribution is -2.04. The van der Waals surface area contributed by atoms with Gasteiger partial charge in [-0.1, -0.05) is 25.1 Å². The van der Waals surface area contributed by atoms with E-state index in [1.165, 1.54) is 0 Å². The van der Waals surface area contributed by atoms with Gasteiger partial charge in [0.25, 0.3) is 0 Å². The number of aryl methyl sites for hydroxylation is 1. The lowest BCUT2D eigenvalue weighted by Gasteiger charge is -2.11. The van der Waals surface area contributed by atoms with Gasteiger partial charge in [0.05, 0.1) is 30.1 Å². The van der Waals surface area contributed by atoms with Gasteiger partial charge < -0.3 is 5.73 Å². The van der Waals surface area contributed by atoms with Crippen LogP contribution in [0.4, 0.5) is 0 Å². The number of rotatable bonds is 5. The zero-order valence-corrected chi connectivity index (χ0v) is 12.1. The van der Waals surface area contributed by atoms with Crippen LogP contribution in [0.2, 0.25) is 0 Å². The lowest BCUT2D eigenvalue weighted by atomic mass is 10.1. The summed E-state index contributed by atoms with van der Waals surface area (Å²) in [6.07, 6.45) is 8.69. The number of aromatic nitrogens is 4. The second-order valence-corrected chi connectivity index (χ2v) is 4.97. The molecule has 0 amide bonds. The van der Waals surface area contributed by atoms with Gasteiger partial charge in [-0.2, -0.15) is 5.10 Å². The molecule has 0 radical (unpaired) electrons. The maximum atomic E-state index is 5.84. The molecule has 1 aromatic carbocycles. The first-order chi connectivity index (χ1) is 10.3. The van der Waals surface area contributed by atoms with Crippen LogP contribution in [0.1, 0.15) is 18.9 Å². The van der Waals surface area contributed by atoms with Gasteiger partial charge in [-0.25, -0.2) is 4.98 Å². The molecule has 3 rings (SSSR count). The van der Waals surface area contributed by atoms with Crippen LogP contribution < -0.4 is 5.73 Å². The second-order valence-electron chi connectivity index (χ2n) is 4.97. The van der Waals surface area contributed by atoms with Crippen molar-refractivity contribution < 1.29 is 0 Å². The quantitative estimate of drug-likeness (QED) is 0.782. The van der Waals surface area contributed by atoms with Crippen molar-refractivity contribution in [1.82, 2.24) is 19.3 Å². The molecule has 2 aromatic heterocycles. The van der Waals surface area contributed by atoms with E-state index in [0.717, 1.165) is 35.5 Å². The lowest BCUT2D eigenvalue weighted by molar-refractivity contribution is 0.603. The van der Waals surface area contributed by atoms with E-state index >= 15 is 0 Å². The minimum absolute atomic E-state index is 0.503. The predicted molar refractivity (Wildman–Crippen MR) is 83.0 cm³/mol. The molecule has 0 aliphatic heterocycles. The van der Waals surface area contributed by atoms with Crippen LogP contribution in [0.25, 0.3) is 16.9 Å². The molecule has 0 saturated heterocycles. The van der Waals surface area contributed by atoms with Crippen LogP contribution in [0, 0.1) is 0 Å². The zero-order valence-electron chi connectivity index (χ0n) is 12.1. The Kier molecular flexibility index (Phi) is 3.83. The molecule has 0 spiro atoms. The van der Waals surface area contributed by atoms with Gasteiger partial charge >= 0.3 is 0 Å². The normalized spacial score (nSPS) is 11.0. The Morgan fingerprint density at radius 1 is 1.19 bits per heavy atom. The number of benzene rings is 1. The Balaban J connectivity index is 2.04. The molecular weight excluding hydrogens is 262 g/mol. The fourth-order valence-electron chi connectivity index (χ4n) is 2.47. The summed E-state index contributed by atoms with van der Waals surface area (Å²) >= 11 is 0. The fraction of sp³-hybridized carbons (Fsp3) is 0.250. The van der Waals surface area contributed by atoms with Crippen LogP contribution in [0.15, 0.2) is 49.2 Å². The number of hydrogen-bond acceptors (Lipinski definition) is 3. The van der Waals surface area contributed by atoms with Crippen molar-refractivity contribution in [3.05, 3.63) is 54.7 Å². The van der Waals surface area contributed by atoms with E-state index in [4.69, 9.17) is 5.73 Å². The second kappa shape index (κ2) is 5.93. The summed E-state index contributed by atoms with van der Waals surface area (Å²) < 4.78 is 4.02. The zero-order chi connectivity index (χ0) is 14.7. The first-order valence-electron chi connectivity index (χ1n) is 7.17. The van der Waals surface area contributed by atoms with E-state index < -0.39 is 0 Å². The first-order valence-corrected chi connectivity index (χ1v) is 7.17. The summed E-state index contributed by atoms with van der Waals surface area (Å²) in [5.74, 6) is 0. The van der Waals surface area contributed by atoms with Crippen LogP contribution in [-0.2, 0) is 13.1 Å². The molecule has 0 unspecified atom stereocenters. The molecule has 0 fully saturated rings. The van der Waals surface area contributed by atoms with Crippen LogP contribution in [0.5, 0.6) is 0 Å². The van der Waals surface area contributed by atoms with Gasteiger partial charge in [-0.3, -0.25) is 9.25 Å². The Labute approximate surface area is 124 Å². The number of imidazole rings is 1. The maximum absolute atomic E-state index is 5.84. The van der Waals surface area contributed by atoms with Crippen molar-refractivity contribution in [3.63, 3.8) is 0 Å². The molecule has 0 aliphatic carbocycles. The van der Waals surface area contributed by atoms with Gasteiger partial charge in [0.1, 0.15) is 0 Å². The highest BCUT2D eigenvalue weighted by atomic mass is 15.3. The summed E-state index contributed by atoms with van der Waals surface area (Å²) in [4.78, 5) is 4.29. The minimum Gasteiger partial charge on any atom is -0.326 e. The highest BCUT2D eigenvalue weighted by Crippen LogP contribution is 2.24. The number of nitrogens with zero attached hydrogens (tertiary/aromatic N) is 4. The van der Waals surface area contributed by atoms with Gasteiger partial charge in [0.15, 0.2) is 0 Å². The maximum Gasteiger partial charge on any atom is 0.0997 e. The average Bonchev–Trinajstić information content (AvgIpc) is 3.16. The molecule has 0 atom stereocenters. The molecular formula is C16H19N5. The van der Waals surface area contributed by atoms with Gasteiger partial charge in [0.2, 0.25) is 0 Å². The summed E-state index contributed by atoms with van der Waals surface area (Å²) in [6, 6.07) is 8.11. The highest BCUT2D eigenvalue weighted by Gasteiger charge is 2.11. The molecule has 5 nitrogen and oxygen atoms in total. The van der Waals surface area contributed by atoms with E-state index in [2.05, 4.69) is 33.8 Å². The molecule has 2 heterocycles. The third-order valence-corrected chi connectivity index (χ3v) is 3.49. The van der Waals surface area contributed by atoms with Crippen molar-refractivity contribution in [2.24, 2.45) is 5.73 Å². The molecule has 2 N–H and O–H groups in total. The topological polar surface area (TPSA) is 61.7 Å².